The van der Waals surface area contributed by atoms with Crippen LogP contribution in [0.15, 0.2) is 36.4 Å². The lowest BCUT2D eigenvalue weighted by Gasteiger charge is -2.05. The topological polar surface area (TPSA) is 12.0 Å². The van der Waals surface area contributed by atoms with E-state index >= 15 is 0 Å². The average Bonchev–Trinajstić information content (AvgIpc) is 2.26. The molecule has 0 heterocycles. The number of hydrogen-bond donors (Lipinski definition) is 1. The second-order valence-electron chi connectivity index (χ2n) is 3.39. The van der Waals surface area contributed by atoms with Gasteiger partial charge in [-0.1, -0.05) is 37.3 Å². The maximum atomic E-state index is 3.35. The number of hydrogen-bond acceptors (Lipinski definition) is 1. The highest BCUT2D eigenvalue weighted by molar-refractivity contribution is 5.84. The second kappa shape index (κ2) is 4.14. The fourth-order valence-electron chi connectivity index (χ4n) is 1.48. The highest BCUT2D eigenvalue weighted by Crippen LogP contribution is 2.17. The van der Waals surface area contributed by atoms with Gasteiger partial charge in [-0.05, 0) is 23.3 Å². The van der Waals surface area contributed by atoms with E-state index in [0.717, 1.165) is 18.7 Å². The second-order valence-corrected chi connectivity index (χ2v) is 3.39. The molecule has 0 saturated carbocycles. The van der Waals surface area contributed by atoms with Crippen molar-refractivity contribution in [2.45, 2.75) is 13.3 Å². The van der Waals surface area contributed by atoms with Gasteiger partial charge >= 0.3 is 0 Å². The summed E-state index contributed by atoms with van der Waals surface area (Å²) >= 11 is 0. The van der Waals surface area contributed by atoms with Gasteiger partial charge in [-0.15, -0.1) is 0 Å². The molecule has 0 aliphatic carbocycles. The highest BCUT2D eigenvalue weighted by Gasteiger charge is 1.94. The quantitative estimate of drug-likeness (QED) is 0.770. The monoisotopic (exact) mass is 184 g/mol. The first-order valence-corrected chi connectivity index (χ1v) is 5.05. The summed E-state index contributed by atoms with van der Waals surface area (Å²) in [6.45, 7) is 3.17. The van der Waals surface area contributed by atoms with Crippen LogP contribution in [0.4, 0.5) is 5.69 Å². The molecule has 2 rings (SSSR count). The van der Waals surface area contributed by atoms with Gasteiger partial charge in [-0.25, -0.2) is 0 Å². The van der Waals surface area contributed by atoms with Gasteiger partial charge in [0.25, 0.3) is 0 Å². The van der Waals surface area contributed by atoms with Crippen molar-refractivity contribution in [3.05, 3.63) is 42.5 Å². The Kier molecular flexibility index (Phi) is 2.68. The lowest BCUT2D eigenvalue weighted by molar-refractivity contribution is 0.980. The van der Waals surface area contributed by atoms with Gasteiger partial charge in [-0.3, -0.25) is 0 Å². The van der Waals surface area contributed by atoms with E-state index in [4.69, 9.17) is 0 Å². The van der Waals surface area contributed by atoms with E-state index < -0.39 is 0 Å². The first kappa shape index (κ1) is 9.07. The molecule has 0 aliphatic rings. The SMILES string of the molecule is CCCNc1[c]c2ccccc2cc1. The summed E-state index contributed by atoms with van der Waals surface area (Å²) in [6, 6.07) is 15.9. The minimum absolute atomic E-state index is 1.01. The third kappa shape index (κ3) is 1.87. The predicted octanol–water partition coefficient (Wildman–Crippen LogP) is 3.46. The van der Waals surface area contributed by atoms with E-state index in [1.165, 1.54) is 10.8 Å². The zero-order valence-electron chi connectivity index (χ0n) is 8.38. The summed E-state index contributed by atoms with van der Waals surface area (Å²) in [5.74, 6) is 0. The first-order valence-electron chi connectivity index (χ1n) is 5.05. The molecule has 2 aromatic rings. The summed E-state index contributed by atoms with van der Waals surface area (Å²) in [5, 5.41) is 5.75. The van der Waals surface area contributed by atoms with E-state index in [0.29, 0.717) is 0 Å². The summed E-state index contributed by atoms with van der Waals surface area (Å²) in [7, 11) is 0. The van der Waals surface area contributed by atoms with E-state index in [2.05, 4.69) is 48.6 Å². The van der Waals surface area contributed by atoms with Crippen LogP contribution in [0.3, 0.4) is 0 Å². The Labute approximate surface area is 84.8 Å². The Hall–Kier alpha value is -1.50. The lowest BCUT2D eigenvalue weighted by atomic mass is 10.1. The summed E-state index contributed by atoms with van der Waals surface area (Å²) in [4.78, 5) is 0. The van der Waals surface area contributed by atoms with Crippen LogP contribution in [-0.4, -0.2) is 6.54 Å². The van der Waals surface area contributed by atoms with Crippen molar-refractivity contribution in [1.82, 2.24) is 0 Å². The molecule has 0 amide bonds. The summed E-state index contributed by atoms with van der Waals surface area (Å²) in [6.07, 6.45) is 1.14. The molecule has 0 bridgehead atoms. The average molecular weight is 184 g/mol. The van der Waals surface area contributed by atoms with Gasteiger partial charge in [0.2, 0.25) is 0 Å². The normalized spacial score (nSPS) is 10.4. The van der Waals surface area contributed by atoms with Gasteiger partial charge < -0.3 is 5.32 Å². The van der Waals surface area contributed by atoms with E-state index in [-0.39, 0.29) is 0 Å². The van der Waals surface area contributed by atoms with Gasteiger partial charge in [-0.2, -0.15) is 0 Å². The van der Waals surface area contributed by atoms with E-state index in [1.807, 2.05) is 6.07 Å². The van der Waals surface area contributed by atoms with Gasteiger partial charge in [0.05, 0.1) is 0 Å². The Morgan fingerprint density at radius 1 is 1.14 bits per heavy atom. The number of benzene rings is 2. The number of anilines is 1. The number of nitrogens with one attached hydrogen (secondary N) is 1. The molecule has 0 fully saturated rings. The van der Waals surface area contributed by atoms with Gasteiger partial charge in [0, 0.05) is 18.3 Å². The van der Waals surface area contributed by atoms with Crippen LogP contribution >= 0.6 is 0 Å². The zero-order valence-corrected chi connectivity index (χ0v) is 8.38. The van der Waals surface area contributed by atoms with E-state index in [1.54, 1.807) is 0 Å². The smallest absolute Gasteiger partial charge is 0.0427 e. The van der Waals surface area contributed by atoms with Crippen molar-refractivity contribution in [2.75, 3.05) is 11.9 Å². The maximum absolute atomic E-state index is 3.35. The van der Waals surface area contributed by atoms with E-state index in [9.17, 15) is 0 Å². The van der Waals surface area contributed by atoms with Crippen LogP contribution in [0.5, 0.6) is 0 Å². The Morgan fingerprint density at radius 2 is 2.00 bits per heavy atom. The molecule has 1 nitrogen and oxygen atoms in total. The van der Waals surface area contributed by atoms with Crippen molar-refractivity contribution in [2.24, 2.45) is 0 Å². The van der Waals surface area contributed by atoms with Crippen molar-refractivity contribution in [3.63, 3.8) is 0 Å². The molecule has 0 aliphatic heterocycles. The van der Waals surface area contributed by atoms with Gasteiger partial charge in [0.1, 0.15) is 0 Å². The number of rotatable bonds is 3. The fraction of sp³-hybridized carbons (Fsp3) is 0.231. The molecular formula is C13H14N. The summed E-state index contributed by atoms with van der Waals surface area (Å²) < 4.78 is 0. The van der Waals surface area contributed by atoms with Crippen LogP contribution in [-0.2, 0) is 0 Å². The van der Waals surface area contributed by atoms with Crippen LogP contribution in [0.1, 0.15) is 13.3 Å². The Balaban J connectivity index is 2.32. The first-order chi connectivity index (χ1) is 6.90. The largest absolute Gasteiger partial charge is 0.385 e. The molecule has 1 radical (unpaired) electrons. The van der Waals surface area contributed by atoms with Crippen molar-refractivity contribution < 1.29 is 0 Å². The van der Waals surface area contributed by atoms with Crippen molar-refractivity contribution in [1.29, 1.82) is 0 Å². The van der Waals surface area contributed by atoms with Crippen molar-refractivity contribution >= 4 is 16.5 Å². The maximum Gasteiger partial charge on any atom is 0.0427 e. The predicted molar refractivity (Wildman–Crippen MR) is 61.6 cm³/mol. The molecule has 0 saturated heterocycles. The van der Waals surface area contributed by atoms with Crippen LogP contribution in [0.25, 0.3) is 10.8 Å². The van der Waals surface area contributed by atoms with Crippen LogP contribution < -0.4 is 5.32 Å². The lowest BCUT2D eigenvalue weighted by Crippen LogP contribution is -1.99. The zero-order chi connectivity index (χ0) is 9.80. The molecule has 0 spiro atoms. The molecular weight excluding hydrogens is 170 g/mol. The number of fused-ring (bicyclic) bond motifs is 1. The molecule has 2 aromatic carbocycles. The van der Waals surface area contributed by atoms with Crippen molar-refractivity contribution in [3.8, 4) is 0 Å². The van der Waals surface area contributed by atoms with Crippen LogP contribution in [0.2, 0.25) is 0 Å². The molecule has 0 atom stereocenters. The minimum atomic E-state index is 1.01. The highest BCUT2D eigenvalue weighted by atomic mass is 14.9. The fourth-order valence-corrected chi connectivity index (χ4v) is 1.48. The molecule has 14 heavy (non-hydrogen) atoms. The third-order valence-corrected chi connectivity index (χ3v) is 2.23. The minimum Gasteiger partial charge on any atom is -0.385 e. The Morgan fingerprint density at radius 3 is 2.86 bits per heavy atom. The summed E-state index contributed by atoms with van der Waals surface area (Å²) in [5.41, 5.74) is 1.09. The molecule has 71 valence electrons. The third-order valence-electron chi connectivity index (χ3n) is 2.23. The van der Waals surface area contributed by atoms with Gasteiger partial charge in [0.15, 0.2) is 0 Å². The molecule has 0 aromatic heterocycles. The molecule has 1 N–H and O–H groups in total. The molecule has 0 unspecified atom stereocenters. The molecule has 1 heteroatoms. The van der Waals surface area contributed by atoms with Crippen LogP contribution in [0, 0.1) is 6.07 Å². The standard InChI is InChI=1S/C13H14N/c1-2-9-14-13-8-7-11-5-3-4-6-12(11)10-13/h3-8,14H,2,9H2,1H3. The Bertz CT molecular complexity index is 420.